The number of hydrogen-bond acceptors (Lipinski definition) is 5. The monoisotopic (exact) mass is 532 g/mol. The topological polar surface area (TPSA) is 69.7 Å². The summed E-state index contributed by atoms with van der Waals surface area (Å²) in [4.78, 5) is 19.1. The van der Waals surface area contributed by atoms with Crippen molar-refractivity contribution in [1.82, 2.24) is 24.8 Å². The summed E-state index contributed by atoms with van der Waals surface area (Å²) >= 11 is 0. The summed E-state index contributed by atoms with van der Waals surface area (Å²) in [7, 11) is 0. The molecule has 0 spiro atoms. The summed E-state index contributed by atoms with van der Waals surface area (Å²) in [6, 6.07) is 15.5. The molecule has 2 N–H and O–H groups in total. The molecule has 0 radical (unpaired) electrons. The van der Waals surface area contributed by atoms with E-state index < -0.39 is 11.7 Å². The van der Waals surface area contributed by atoms with Gasteiger partial charge in [-0.3, -0.25) is 0 Å². The van der Waals surface area contributed by atoms with E-state index in [9.17, 15) is 13.2 Å². The summed E-state index contributed by atoms with van der Waals surface area (Å²) < 4.78 is 39.4. The molecular weight excluding hydrogens is 501 g/mol. The second-order valence-electron chi connectivity index (χ2n) is 9.62. The van der Waals surface area contributed by atoms with Crippen molar-refractivity contribution in [3.8, 4) is 22.5 Å². The number of alkyl halides is 3. The summed E-state index contributed by atoms with van der Waals surface area (Å²) in [5.41, 5.74) is 4.85. The zero-order valence-electron chi connectivity index (χ0n) is 22.2. The SMILES string of the molecule is CCN(CC)CCCNc1ncc2cc(-c3cc(-c4nc5ccc(C(F)(F)F)cc5[nH]4)ccc3C)ccc2n1. The number of hydrogen-bond donors (Lipinski definition) is 2. The number of nitrogens with one attached hydrogen (secondary N) is 2. The van der Waals surface area contributed by atoms with E-state index in [-0.39, 0.29) is 0 Å². The highest BCUT2D eigenvalue weighted by molar-refractivity contribution is 5.87. The van der Waals surface area contributed by atoms with Gasteiger partial charge in [0.25, 0.3) is 0 Å². The van der Waals surface area contributed by atoms with Gasteiger partial charge in [0, 0.05) is 23.7 Å². The van der Waals surface area contributed by atoms with Crippen LogP contribution in [-0.2, 0) is 6.18 Å². The third-order valence-electron chi connectivity index (χ3n) is 7.04. The Kier molecular flexibility index (Phi) is 7.52. The Morgan fingerprint density at radius 1 is 0.897 bits per heavy atom. The van der Waals surface area contributed by atoms with Crippen molar-refractivity contribution in [2.45, 2.75) is 33.4 Å². The summed E-state index contributed by atoms with van der Waals surface area (Å²) in [5, 5.41) is 4.25. The van der Waals surface area contributed by atoms with Gasteiger partial charge in [-0.2, -0.15) is 13.2 Å². The summed E-state index contributed by atoms with van der Waals surface area (Å²) in [6.07, 6.45) is -1.56. The maximum atomic E-state index is 13.1. The normalized spacial score (nSPS) is 12.1. The Labute approximate surface area is 225 Å². The van der Waals surface area contributed by atoms with Gasteiger partial charge < -0.3 is 15.2 Å². The van der Waals surface area contributed by atoms with Crippen LogP contribution in [0.4, 0.5) is 19.1 Å². The first-order valence-corrected chi connectivity index (χ1v) is 13.2. The van der Waals surface area contributed by atoms with Crippen molar-refractivity contribution in [1.29, 1.82) is 0 Å². The van der Waals surface area contributed by atoms with E-state index in [1.54, 1.807) is 0 Å². The largest absolute Gasteiger partial charge is 0.416 e. The molecule has 3 aromatic carbocycles. The fraction of sp³-hybridized carbons (Fsp3) is 0.300. The first-order valence-electron chi connectivity index (χ1n) is 13.2. The van der Waals surface area contributed by atoms with Crippen molar-refractivity contribution < 1.29 is 13.2 Å². The Bertz CT molecular complexity index is 1600. The Morgan fingerprint density at radius 3 is 2.44 bits per heavy atom. The second kappa shape index (κ2) is 11.0. The fourth-order valence-electron chi connectivity index (χ4n) is 4.73. The molecule has 5 rings (SSSR count). The third-order valence-corrected chi connectivity index (χ3v) is 7.04. The van der Waals surface area contributed by atoms with Gasteiger partial charge in [-0.1, -0.05) is 32.0 Å². The van der Waals surface area contributed by atoms with Crippen molar-refractivity contribution in [2.24, 2.45) is 0 Å². The molecule has 0 amide bonds. The zero-order chi connectivity index (χ0) is 27.6. The van der Waals surface area contributed by atoms with E-state index >= 15 is 0 Å². The Hall–Kier alpha value is -3.98. The second-order valence-corrected chi connectivity index (χ2v) is 9.62. The van der Waals surface area contributed by atoms with Crippen LogP contribution in [0.15, 0.2) is 60.8 Å². The quantitative estimate of drug-likeness (QED) is 0.195. The van der Waals surface area contributed by atoms with Crippen LogP contribution in [0.25, 0.3) is 44.5 Å². The molecule has 202 valence electrons. The molecule has 2 aromatic heterocycles. The molecule has 0 aliphatic heterocycles. The number of fused-ring (bicyclic) bond motifs is 2. The van der Waals surface area contributed by atoms with Crippen molar-refractivity contribution >= 4 is 27.9 Å². The van der Waals surface area contributed by atoms with E-state index in [4.69, 9.17) is 0 Å². The smallest absolute Gasteiger partial charge is 0.354 e. The van der Waals surface area contributed by atoms with Crippen LogP contribution < -0.4 is 5.32 Å². The number of rotatable bonds is 9. The van der Waals surface area contributed by atoms with E-state index in [1.165, 1.54) is 6.07 Å². The molecule has 0 saturated heterocycles. The standard InChI is InChI=1S/C30H31F3N6/c1-4-39(5-2)14-6-13-34-29-35-18-22-15-20(9-11-25(22)38-29)24-16-21(8-7-19(24)3)28-36-26-12-10-23(30(31,32)33)17-27(26)37-28/h7-12,15-18H,4-6,13-14H2,1-3H3,(H,36,37)(H,34,35,38). The van der Waals surface area contributed by atoms with Gasteiger partial charge >= 0.3 is 6.18 Å². The number of H-pyrrole nitrogens is 1. The molecule has 0 saturated carbocycles. The van der Waals surface area contributed by atoms with Crippen molar-refractivity contribution in [3.63, 3.8) is 0 Å². The van der Waals surface area contributed by atoms with Crippen LogP contribution in [-0.4, -0.2) is 51.0 Å². The molecule has 0 aliphatic carbocycles. The van der Waals surface area contributed by atoms with Crippen LogP contribution in [0.5, 0.6) is 0 Å². The van der Waals surface area contributed by atoms with Gasteiger partial charge in [-0.05, 0) is 86.1 Å². The maximum Gasteiger partial charge on any atom is 0.416 e. The number of benzene rings is 3. The predicted octanol–water partition coefficient (Wildman–Crippen LogP) is 7.31. The molecule has 6 nitrogen and oxygen atoms in total. The molecule has 0 aliphatic rings. The fourth-order valence-corrected chi connectivity index (χ4v) is 4.73. The molecule has 0 bridgehead atoms. The predicted molar refractivity (Wildman–Crippen MR) is 151 cm³/mol. The highest BCUT2D eigenvalue weighted by atomic mass is 19.4. The van der Waals surface area contributed by atoms with E-state index in [2.05, 4.69) is 50.1 Å². The van der Waals surface area contributed by atoms with Gasteiger partial charge in [-0.15, -0.1) is 0 Å². The lowest BCUT2D eigenvalue weighted by Gasteiger charge is -2.17. The van der Waals surface area contributed by atoms with Crippen LogP contribution in [0, 0.1) is 6.92 Å². The number of imidazole rings is 1. The highest BCUT2D eigenvalue weighted by Gasteiger charge is 2.30. The van der Waals surface area contributed by atoms with Crippen LogP contribution in [0.1, 0.15) is 31.4 Å². The van der Waals surface area contributed by atoms with Crippen molar-refractivity contribution in [2.75, 3.05) is 31.5 Å². The maximum absolute atomic E-state index is 13.1. The minimum atomic E-state index is -4.40. The van der Waals surface area contributed by atoms with Crippen LogP contribution >= 0.6 is 0 Å². The van der Waals surface area contributed by atoms with E-state index in [0.29, 0.717) is 22.8 Å². The average molecular weight is 533 g/mol. The first kappa shape index (κ1) is 26.6. The molecule has 9 heteroatoms. The number of aryl methyl sites for hydroxylation is 1. The molecule has 5 aromatic rings. The summed E-state index contributed by atoms with van der Waals surface area (Å²) in [6.45, 7) is 10.3. The molecular formula is C30H31F3N6. The number of nitrogens with zero attached hydrogens (tertiary/aromatic N) is 4. The number of halogens is 3. The molecule has 0 atom stereocenters. The molecule has 39 heavy (non-hydrogen) atoms. The minimum Gasteiger partial charge on any atom is -0.354 e. The lowest BCUT2D eigenvalue weighted by molar-refractivity contribution is -0.137. The van der Waals surface area contributed by atoms with Crippen LogP contribution in [0.3, 0.4) is 0 Å². The number of anilines is 1. The van der Waals surface area contributed by atoms with Crippen molar-refractivity contribution in [3.05, 3.63) is 71.9 Å². The van der Waals surface area contributed by atoms with Gasteiger partial charge in [-0.25, -0.2) is 15.0 Å². The van der Waals surface area contributed by atoms with E-state index in [1.807, 2.05) is 43.5 Å². The van der Waals surface area contributed by atoms with Gasteiger partial charge in [0.15, 0.2) is 0 Å². The average Bonchev–Trinajstić information content (AvgIpc) is 3.36. The first-order chi connectivity index (χ1) is 18.7. The van der Waals surface area contributed by atoms with Crippen LogP contribution in [0.2, 0.25) is 0 Å². The lowest BCUT2D eigenvalue weighted by Crippen LogP contribution is -2.25. The number of aromatic nitrogens is 4. The zero-order valence-corrected chi connectivity index (χ0v) is 22.2. The van der Waals surface area contributed by atoms with Gasteiger partial charge in [0.1, 0.15) is 5.82 Å². The van der Waals surface area contributed by atoms with Gasteiger partial charge in [0.2, 0.25) is 5.95 Å². The summed E-state index contributed by atoms with van der Waals surface area (Å²) in [5.74, 6) is 1.14. The minimum absolute atomic E-state index is 0.349. The van der Waals surface area contributed by atoms with Gasteiger partial charge in [0.05, 0.1) is 22.1 Å². The highest BCUT2D eigenvalue weighted by Crippen LogP contribution is 2.33. The third kappa shape index (κ3) is 5.88. The molecule has 0 unspecified atom stereocenters. The Balaban J connectivity index is 1.37. The molecule has 2 heterocycles. The lowest BCUT2D eigenvalue weighted by atomic mass is 9.97. The Morgan fingerprint density at radius 2 is 1.67 bits per heavy atom. The number of aromatic amines is 1. The molecule has 0 fully saturated rings. The van der Waals surface area contributed by atoms with E-state index in [0.717, 1.165) is 77.9 Å².